The molecule has 0 amide bonds. The van der Waals surface area contributed by atoms with Crippen molar-refractivity contribution in [1.29, 1.82) is 0 Å². The minimum atomic E-state index is -1.99. The van der Waals surface area contributed by atoms with Gasteiger partial charge in [-0.1, -0.05) is 59.2 Å². The van der Waals surface area contributed by atoms with E-state index in [9.17, 15) is 0 Å². The quantitative estimate of drug-likeness (QED) is 0.488. The van der Waals surface area contributed by atoms with Crippen molar-refractivity contribution < 1.29 is 4.43 Å². The Kier molecular flexibility index (Phi) is 6.27. The molecule has 20 heavy (non-hydrogen) atoms. The van der Waals surface area contributed by atoms with Gasteiger partial charge in [-0.25, -0.2) is 0 Å². The molecule has 0 atom stereocenters. The molecule has 1 aromatic heterocycles. The first-order valence-electron chi connectivity index (χ1n) is 7.27. The van der Waals surface area contributed by atoms with Crippen molar-refractivity contribution in [3.8, 4) is 0 Å². The summed E-state index contributed by atoms with van der Waals surface area (Å²) < 4.78 is 6.56. The molecule has 0 saturated carbocycles. The molecule has 0 fully saturated rings. The van der Waals surface area contributed by atoms with Crippen molar-refractivity contribution in [3.63, 3.8) is 0 Å². The first-order valence-corrected chi connectivity index (χ1v) is 9.84. The number of hydrogen-bond acceptors (Lipinski definition) is 2. The summed E-state index contributed by atoms with van der Waals surface area (Å²) in [5.41, 5.74) is 3.87. The average molecular weight is 312 g/mol. The van der Waals surface area contributed by atoms with E-state index in [0.717, 1.165) is 5.69 Å². The van der Waals surface area contributed by atoms with Crippen LogP contribution in [0, 0.1) is 0 Å². The summed E-state index contributed by atoms with van der Waals surface area (Å²) in [6, 6.07) is 5.79. The Balaban J connectivity index is 3.18. The summed E-state index contributed by atoms with van der Waals surface area (Å²) in [5, 5.41) is 0. The van der Waals surface area contributed by atoms with Crippen LogP contribution in [-0.2, 0) is 4.43 Å². The van der Waals surface area contributed by atoms with Crippen LogP contribution in [-0.4, -0.2) is 13.3 Å². The van der Waals surface area contributed by atoms with Crippen LogP contribution in [0.5, 0.6) is 0 Å². The molecule has 0 N–H and O–H groups in total. The van der Waals surface area contributed by atoms with Crippen LogP contribution in [0.1, 0.15) is 47.2 Å². The van der Waals surface area contributed by atoms with Gasteiger partial charge in [-0.2, -0.15) is 0 Å². The van der Waals surface area contributed by atoms with Crippen LogP contribution in [0.25, 0.3) is 5.76 Å². The lowest BCUT2D eigenvalue weighted by molar-refractivity contribution is 0.443. The zero-order valence-electron chi connectivity index (χ0n) is 13.4. The van der Waals surface area contributed by atoms with Gasteiger partial charge in [0, 0.05) is 11.7 Å². The molecule has 1 heterocycles. The van der Waals surface area contributed by atoms with E-state index in [1.165, 1.54) is 5.54 Å². The lowest BCUT2D eigenvalue weighted by Crippen LogP contribution is -2.47. The van der Waals surface area contributed by atoms with Gasteiger partial charge in [-0.05, 0) is 28.8 Å². The molecule has 0 aliphatic rings. The predicted octanol–water partition coefficient (Wildman–Crippen LogP) is 5.81. The topological polar surface area (TPSA) is 22.1 Å². The fourth-order valence-corrected chi connectivity index (χ4v) is 8.67. The zero-order chi connectivity index (χ0) is 15.3. The lowest BCUT2D eigenvalue weighted by atomic mass is 10.3. The van der Waals surface area contributed by atoms with Gasteiger partial charge in [0.15, 0.2) is 0 Å². The average Bonchev–Trinajstić information content (AvgIpc) is 2.39. The number of aromatic nitrogens is 1. The standard InChI is InChI=1S/C16H26ClNOSi/c1-12(2)20(13(3)4,14(5)6)19-16(11-17)15-9-7-8-10-18-15/h7-14H,1-6H3/b16-11-. The first kappa shape index (κ1) is 17.2. The minimum absolute atomic E-state index is 0.512. The monoisotopic (exact) mass is 311 g/mol. The van der Waals surface area contributed by atoms with Crippen molar-refractivity contribution in [2.45, 2.75) is 58.2 Å². The third-order valence-corrected chi connectivity index (χ3v) is 10.2. The van der Waals surface area contributed by atoms with Gasteiger partial charge in [0.2, 0.25) is 0 Å². The first-order chi connectivity index (χ1) is 9.36. The highest BCUT2D eigenvalue weighted by molar-refractivity contribution is 6.78. The van der Waals surface area contributed by atoms with Crippen LogP contribution in [0.2, 0.25) is 16.6 Å². The molecule has 1 rings (SSSR count). The largest absolute Gasteiger partial charge is 0.541 e. The van der Waals surface area contributed by atoms with Crippen LogP contribution in [0.3, 0.4) is 0 Å². The smallest absolute Gasteiger partial charge is 0.258 e. The molecule has 0 saturated heterocycles. The van der Waals surface area contributed by atoms with Gasteiger partial charge >= 0.3 is 0 Å². The third-order valence-electron chi connectivity index (χ3n) is 4.01. The maximum absolute atomic E-state index is 6.56. The minimum Gasteiger partial charge on any atom is -0.541 e. The maximum Gasteiger partial charge on any atom is 0.258 e. The molecule has 112 valence electrons. The Labute approximate surface area is 129 Å². The van der Waals surface area contributed by atoms with Crippen LogP contribution in [0.4, 0.5) is 0 Å². The van der Waals surface area contributed by atoms with E-state index >= 15 is 0 Å². The van der Waals surface area contributed by atoms with Gasteiger partial charge in [0.1, 0.15) is 11.5 Å². The Morgan fingerprint density at radius 3 is 2.00 bits per heavy atom. The molecule has 0 radical (unpaired) electrons. The van der Waals surface area contributed by atoms with Gasteiger partial charge in [-0.15, -0.1) is 0 Å². The highest BCUT2D eigenvalue weighted by atomic mass is 35.5. The lowest BCUT2D eigenvalue weighted by Gasteiger charge is -2.42. The van der Waals surface area contributed by atoms with Gasteiger partial charge in [0.25, 0.3) is 8.32 Å². The van der Waals surface area contributed by atoms with Crippen LogP contribution >= 0.6 is 11.6 Å². The van der Waals surface area contributed by atoms with E-state index in [1.54, 1.807) is 6.20 Å². The SMILES string of the molecule is CC(C)[Si](O/C(=C\Cl)c1ccccn1)(C(C)C)C(C)C. The number of hydrogen-bond donors (Lipinski definition) is 0. The molecule has 0 aliphatic carbocycles. The fourth-order valence-electron chi connectivity index (χ4n) is 3.18. The number of pyridine rings is 1. The normalized spacial score (nSPS) is 13.4. The summed E-state index contributed by atoms with van der Waals surface area (Å²) in [7, 11) is -1.99. The highest BCUT2D eigenvalue weighted by Crippen LogP contribution is 2.44. The number of rotatable bonds is 6. The Morgan fingerprint density at radius 1 is 1.10 bits per heavy atom. The van der Waals surface area contributed by atoms with Crippen molar-refractivity contribution in [1.82, 2.24) is 4.98 Å². The van der Waals surface area contributed by atoms with Gasteiger partial charge in [-0.3, -0.25) is 4.98 Å². The van der Waals surface area contributed by atoms with Gasteiger partial charge < -0.3 is 4.43 Å². The Bertz CT molecular complexity index is 421. The van der Waals surface area contributed by atoms with Crippen LogP contribution in [0.15, 0.2) is 29.9 Å². The molecule has 0 bridgehead atoms. The highest BCUT2D eigenvalue weighted by Gasteiger charge is 2.47. The summed E-state index contributed by atoms with van der Waals surface area (Å²) in [6.07, 6.45) is 1.77. The van der Waals surface area contributed by atoms with E-state index in [2.05, 4.69) is 46.5 Å². The zero-order valence-corrected chi connectivity index (χ0v) is 15.1. The molecule has 0 aliphatic heterocycles. The second kappa shape index (κ2) is 7.28. The third kappa shape index (κ3) is 3.44. The summed E-state index contributed by atoms with van der Waals surface area (Å²) >= 11 is 6.02. The molecule has 0 unspecified atom stereocenters. The molecule has 0 aromatic carbocycles. The Morgan fingerprint density at radius 2 is 1.65 bits per heavy atom. The van der Waals surface area contributed by atoms with Crippen molar-refractivity contribution >= 4 is 25.7 Å². The molecule has 2 nitrogen and oxygen atoms in total. The summed E-state index contributed by atoms with van der Waals surface area (Å²) in [4.78, 5) is 4.36. The van der Waals surface area contributed by atoms with Crippen LogP contribution < -0.4 is 0 Å². The van der Waals surface area contributed by atoms with E-state index in [1.807, 2.05) is 18.2 Å². The molecule has 1 aromatic rings. The second-order valence-electron chi connectivity index (χ2n) is 6.11. The number of nitrogens with zero attached hydrogens (tertiary/aromatic N) is 1. The fraction of sp³-hybridized carbons (Fsp3) is 0.562. The molecular weight excluding hydrogens is 286 g/mol. The van der Waals surface area contributed by atoms with Crippen molar-refractivity contribution in [2.75, 3.05) is 0 Å². The van der Waals surface area contributed by atoms with Crippen molar-refractivity contribution in [3.05, 3.63) is 35.6 Å². The van der Waals surface area contributed by atoms with E-state index < -0.39 is 8.32 Å². The Hall–Kier alpha value is -0.803. The van der Waals surface area contributed by atoms with Crippen molar-refractivity contribution in [2.24, 2.45) is 0 Å². The number of halogens is 1. The summed E-state index contributed by atoms with van der Waals surface area (Å²) in [6.45, 7) is 13.6. The molecule has 4 heteroatoms. The second-order valence-corrected chi connectivity index (χ2v) is 11.7. The summed E-state index contributed by atoms with van der Waals surface area (Å²) in [5.74, 6) is 0.704. The predicted molar refractivity (Wildman–Crippen MR) is 90.2 cm³/mol. The van der Waals surface area contributed by atoms with E-state index in [4.69, 9.17) is 16.0 Å². The van der Waals surface area contributed by atoms with E-state index in [-0.39, 0.29) is 0 Å². The maximum atomic E-state index is 6.56. The van der Waals surface area contributed by atoms with Gasteiger partial charge in [0.05, 0.1) is 0 Å². The van der Waals surface area contributed by atoms with E-state index in [0.29, 0.717) is 22.4 Å². The molecular formula is C16H26ClNOSi. The molecule has 0 spiro atoms.